The molecule has 0 aliphatic heterocycles. The molecule has 0 aromatic heterocycles. The average Bonchev–Trinajstić information content (AvgIpc) is 2.28. The van der Waals surface area contributed by atoms with E-state index in [-0.39, 0.29) is 11.1 Å². The summed E-state index contributed by atoms with van der Waals surface area (Å²) in [5.41, 5.74) is -0.353. The fraction of sp³-hybridized carbons (Fsp3) is 0.250. The fourth-order valence-corrected chi connectivity index (χ4v) is 1.17. The van der Waals surface area contributed by atoms with E-state index in [0.29, 0.717) is 19.0 Å². The average molecular weight is 239 g/mol. The smallest absolute Gasteiger partial charge is 0.337 e. The summed E-state index contributed by atoms with van der Waals surface area (Å²) in [6, 6.07) is 1.44. The maximum Gasteiger partial charge on any atom is 0.337 e. The Kier molecular flexibility index (Phi) is 4.61. The number of nitrogens with one attached hydrogen (secondary N) is 1. The van der Waals surface area contributed by atoms with Crippen LogP contribution in [0.25, 0.3) is 0 Å². The van der Waals surface area contributed by atoms with Gasteiger partial charge in [0.05, 0.1) is 5.56 Å². The highest BCUT2D eigenvalue weighted by Crippen LogP contribution is 2.14. The summed E-state index contributed by atoms with van der Waals surface area (Å²) in [6.45, 7) is 0.638. The van der Waals surface area contributed by atoms with Gasteiger partial charge in [0.25, 0.3) is 0 Å². The minimum absolute atomic E-state index is 0.0208. The Morgan fingerprint density at radius 2 is 2.06 bits per heavy atom. The summed E-state index contributed by atoms with van der Waals surface area (Å²) in [4.78, 5) is 10.8. The standard InChI is InChI=1S/C12H11F2NO2/c1-15-5-3-2-4-8-6-10(13)11(14)7-9(8)12(16)17/h6-7,15H,3,5H2,1H3,(H,16,17). The molecule has 0 bridgehead atoms. The molecule has 0 heterocycles. The molecule has 0 saturated carbocycles. The summed E-state index contributed by atoms with van der Waals surface area (Å²) >= 11 is 0. The largest absolute Gasteiger partial charge is 0.478 e. The number of benzene rings is 1. The van der Waals surface area contributed by atoms with Crippen molar-refractivity contribution in [1.29, 1.82) is 0 Å². The van der Waals surface area contributed by atoms with Crippen LogP contribution in [-0.4, -0.2) is 24.7 Å². The van der Waals surface area contributed by atoms with E-state index in [1.807, 2.05) is 0 Å². The van der Waals surface area contributed by atoms with Gasteiger partial charge in [0.2, 0.25) is 0 Å². The summed E-state index contributed by atoms with van der Waals surface area (Å²) < 4.78 is 25.8. The van der Waals surface area contributed by atoms with Crippen molar-refractivity contribution in [1.82, 2.24) is 5.32 Å². The number of aromatic carboxylic acids is 1. The van der Waals surface area contributed by atoms with Gasteiger partial charge in [-0.1, -0.05) is 11.8 Å². The van der Waals surface area contributed by atoms with Gasteiger partial charge in [0.1, 0.15) is 0 Å². The zero-order valence-electron chi connectivity index (χ0n) is 9.18. The molecule has 0 radical (unpaired) electrons. The molecule has 0 unspecified atom stereocenters. The maximum atomic E-state index is 12.9. The summed E-state index contributed by atoms with van der Waals surface area (Å²) in [6.07, 6.45) is 0.495. The van der Waals surface area contributed by atoms with Crippen molar-refractivity contribution in [2.75, 3.05) is 13.6 Å². The number of halogens is 2. The van der Waals surface area contributed by atoms with Crippen molar-refractivity contribution in [3.05, 3.63) is 34.9 Å². The molecule has 2 N–H and O–H groups in total. The first-order valence-corrected chi connectivity index (χ1v) is 4.92. The molecule has 90 valence electrons. The van der Waals surface area contributed by atoms with Gasteiger partial charge < -0.3 is 10.4 Å². The topological polar surface area (TPSA) is 49.3 Å². The number of hydrogen-bond donors (Lipinski definition) is 2. The predicted octanol–water partition coefficient (Wildman–Crippen LogP) is 1.62. The van der Waals surface area contributed by atoms with Crippen molar-refractivity contribution >= 4 is 5.97 Å². The quantitative estimate of drug-likeness (QED) is 0.622. The minimum Gasteiger partial charge on any atom is -0.478 e. The molecule has 1 aromatic rings. The zero-order valence-corrected chi connectivity index (χ0v) is 9.18. The SMILES string of the molecule is CNCCC#Cc1cc(F)c(F)cc1C(=O)O. The van der Waals surface area contributed by atoms with Crippen molar-refractivity contribution in [2.24, 2.45) is 0 Å². The van der Waals surface area contributed by atoms with Crippen molar-refractivity contribution in [2.45, 2.75) is 6.42 Å². The van der Waals surface area contributed by atoms with Gasteiger partial charge in [-0.3, -0.25) is 0 Å². The monoisotopic (exact) mass is 239 g/mol. The Bertz CT molecular complexity index is 489. The molecule has 17 heavy (non-hydrogen) atoms. The van der Waals surface area contributed by atoms with Crippen LogP contribution in [0.5, 0.6) is 0 Å². The fourth-order valence-electron chi connectivity index (χ4n) is 1.17. The number of hydrogen-bond acceptors (Lipinski definition) is 2. The highest BCUT2D eigenvalue weighted by atomic mass is 19.2. The third kappa shape index (κ3) is 3.54. The molecule has 3 nitrogen and oxygen atoms in total. The summed E-state index contributed by atoms with van der Waals surface area (Å²) in [7, 11) is 1.75. The predicted molar refractivity (Wildman–Crippen MR) is 58.7 cm³/mol. The number of carbonyl (C=O) groups is 1. The molecule has 0 spiro atoms. The van der Waals surface area contributed by atoms with Gasteiger partial charge in [-0.15, -0.1) is 0 Å². The second kappa shape index (κ2) is 5.97. The van der Waals surface area contributed by atoms with E-state index in [9.17, 15) is 13.6 Å². The molecule has 0 atom stereocenters. The Morgan fingerprint density at radius 1 is 1.41 bits per heavy atom. The van der Waals surface area contributed by atoms with Crippen LogP contribution in [0.2, 0.25) is 0 Å². The third-order valence-corrected chi connectivity index (χ3v) is 2.01. The van der Waals surface area contributed by atoms with Gasteiger partial charge in [-0.05, 0) is 19.2 Å². The lowest BCUT2D eigenvalue weighted by atomic mass is 10.1. The third-order valence-electron chi connectivity index (χ3n) is 2.01. The highest BCUT2D eigenvalue weighted by Gasteiger charge is 2.13. The Hall–Kier alpha value is -1.93. The van der Waals surface area contributed by atoms with E-state index in [1.54, 1.807) is 7.05 Å². The van der Waals surface area contributed by atoms with Crippen molar-refractivity contribution in [3.63, 3.8) is 0 Å². The van der Waals surface area contributed by atoms with Crippen LogP contribution < -0.4 is 5.32 Å². The van der Waals surface area contributed by atoms with Crippen LogP contribution in [0.4, 0.5) is 8.78 Å². The summed E-state index contributed by atoms with van der Waals surface area (Å²) in [5.74, 6) is 1.57. The first-order valence-electron chi connectivity index (χ1n) is 4.92. The molecular weight excluding hydrogens is 228 g/mol. The van der Waals surface area contributed by atoms with Gasteiger partial charge in [0, 0.05) is 18.5 Å². The molecule has 0 saturated heterocycles. The van der Waals surface area contributed by atoms with E-state index in [1.165, 1.54) is 0 Å². The second-order valence-electron chi connectivity index (χ2n) is 3.27. The van der Waals surface area contributed by atoms with Crippen LogP contribution >= 0.6 is 0 Å². The first-order chi connectivity index (χ1) is 8.06. The van der Waals surface area contributed by atoms with Crippen molar-refractivity contribution < 1.29 is 18.7 Å². The molecule has 0 aliphatic carbocycles. The van der Waals surface area contributed by atoms with Crippen LogP contribution in [-0.2, 0) is 0 Å². The van der Waals surface area contributed by atoms with Crippen LogP contribution in [0.3, 0.4) is 0 Å². The van der Waals surface area contributed by atoms with E-state index in [0.717, 1.165) is 6.07 Å². The molecule has 1 aromatic carbocycles. The lowest BCUT2D eigenvalue weighted by molar-refractivity contribution is 0.0696. The van der Waals surface area contributed by atoms with E-state index in [4.69, 9.17) is 5.11 Å². The van der Waals surface area contributed by atoms with E-state index >= 15 is 0 Å². The first kappa shape index (κ1) is 13.1. The normalized spacial score (nSPS) is 9.59. The molecule has 0 fully saturated rings. The lowest BCUT2D eigenvalue weighted by Gasteiger charge is -2.00. The Labute approximate surface area is 97.5 Å². The number of rotatable bonds is 3. The van der Waals surface area contributed by atoms with Crippen LogP contribution in [0.1, 0.15) is 22.3 Å². The maximum absolute atomic E-state index is 12.9. The molecular formula is C12H11F2NO2. The van der Waals surface area contributed by atoms with Crippen LogP contribution in [0, 0.1) is 23.5 Å². The highest BCUT2D eigenvalue weighted by molar-refractivity contribution is 5.90. The van der Waals surface area contributed by atoms with Crippen molar-refractivity contribution in [3.8, 4) is 11.8 Å². The molecule has 0 amide bonds. The Balaban J connectivity index is 3.07. The van der Waals surface area contributed by atoms with E-state index in [2.05, 4.69) is 17.2 Å². The molecule has 1 rings (SSSR count). The van der Waals surface area contributed by atoms with Gasteiger partial charge >= 0.3 is 5.97 Å². The second-order valence-corrected chi connectivity index (χ2v) is 3.27. The number of carboxylic acids is 1. The Morgan fingerprint density at radius 3 is 2.65 bits per heavy atom. The van der Waals surface area contributed by atoms with E-state index < -0.39 is 17.6 Å². The van der Waals surface area contributed by atoms with Gasteiger partial charge in [-0.2, -0.15) is 0 Å². The van der Waals surface area contributed by atoms with Gasteiger partial charge in [0.15, 0.2) is 11.6 Å². The lowest BCUT2D eigenvalue weighted by Crippen LogP contribution is -2.06. The molecule has 0 aliphatic rings. The molecule has 5 heteroatoms. The zero-order chi connectivity index (χ0) is 12.8. The number of carboxylic acid groups (broad SMARTS) is 1. The summed E-state index contributed by atoms with van der Waals surface area (Å²) in [5, 5.41) is 11.7. The minimum atomic E-state index is -1.33. The van der Waals surface area contributed by atoms with Crippen LogP contribution in [0.15, 0.2) is 12.1 Å². The van der Waals surface area contributed by atoms with Gasteiger partial charge in [-0.25, -0.2) is 13.6 Å².